The van der Waals surface area contributed by atoms with Gasteiger partial charge in [0, 0.05) is 18.4 Å². The first-order valence-corrected chi connectivity index (χ1v) is 6.30. The van der Waals surface area contributed by atoms with E-state index in [0.29, 0.717) is 18.3 Å². The van der Waals surface area contributed by atoms with E-state index < -0.39 is 0 Å². The van der Waals surface area contributed by atoms with E-state index in [2.05, 4.69) is 4.99 Å². The van der Waals surface area contributed by atoms with Crippen molar-refractivity contribution in [3.8, 4) is 5.75 Å². The number of amidine groups is 1. The summed E-state index contributed by atoms with van der Waals surface area (Å²) in [6.07, 6.45) is 0. The third-order valence-corrected chi connectivity index (χ3v) is 3.01. The molecule has 0 atom stereocenters. The molecule has 0 radical (unpaired) electrons. The Hall–Kier alpha value is -1.20. The molecule has 0 aliphatic rings. The van der Waals surface area contributed by atoms with Crippen LogP contribution < -0.4 is 10.5 Å². The van der Waals surface area contributed by atoms with Crippen molar-refractivity contribution in [2.45, 2.75) is 5.75 Å². The van der Waals surface area contributed by atoms with Gasteiger partial charge in [0.25, 0.3) is 0 Å². The number of hydrogen-bond donors (Lipinski definition) is 1. The summed E-state index contributed by atoms with van der Waals surface area (Å²) in [6, 6.07) is 7.89. The van der Waals surface area contributed by atoms with Crippen LogP contribution in [0.25, 0.3) is 0 Å². The molecule has 2 N–H and O–H groups in total. The third-order valence-electron chi connectivity index (χ3n) is 2.13. The fourth-order valence-electron chi connectivity index (χ4n) is 1.27. The van der Waals surface area contributed by atoms with Gasteiger partial charge in [0.05, 0.1) is 20.3 Å². The van der Waals surface area contributed by atoms with Crippen LogP contribution in [0.1, 0.15) is 5.56 Å². The summed E-state index contributed by atoms with van der Waals surface area (Å²) >= 11 is 1.50. The van der Waals surface area contributed by atoms with Crippen LogP contribution in [-0.4, -0.2) is 32.5 Å². The van der Waals surface area contributed by atoms with Gasteiger partial charge in [-0.25, -0.2) is 0 Å². The molecule has 0 aromatic heterocycles. The lowest BCUT2D eigenvalue weighted by Crippen LogP contribution is -2.09. The molecule has 0 aliphatic heterocycles. The Bertz CT molecular complexity index is 369. The first-order valence-electron chi connectivity index (χ1n) is 5.31. The quantitative estimate of drug-likeness (QED) is 0.478. The lowest BCUT2D eigenvalue weighted by Gasteiger charge is -2.07. The van der Waals surface area contributed by atoms with Crippen LogP contribution in [0.4, 0.5) is 0 Å². The Balaban J connectivity index is 2.46. The molecule has 0 fully saturated rings. The fourth-order valence-corrected chi connectivity index (χ4v) is 1.99. The fraction of sp³-hybridized carbons (Fsp3) is 0.417. The van der Waals surface area contributed by atoms with Crippen LogP contribution in [-0.2, 0) is 10.5 Å². The summed E-state index contributed by atoms with van der Waals surface area (Å²) in [5.74, 6) is 1.64. The van der Waals surface area contributed by atoms with Crippen molar-refractivity contribution in [2.24, 2.45) is 10.7 Å². The minimum Gasteiger partial charge on any atom is -0.496 e. The number of nitrogens with two attached hydrogens (primary N) is 1. The van der Waals surface area contributed by atoms with Crippen molar-refractivity contribution in [2.75, 3.05) is 27.4 Å². The van der Waals surface area contributed by atoms with E-state index in [-0.39, 0.29) is 0 Å². The minimum atomic E-state index is 0.577. The second kappa shape index (κ2) is 7.97. The summed E-state index contributed by atoms with van der Waals surface area (Å²) in [5.41, 5.74) is 6.89. The van der Waals surface area contributed by atoms with E-state index >= 15 is 0 Å². The lowest BCUT2D eigenvalue weighted by atomic mass is 10.2. The van der Waals surface area contributed by atoms with Gasteiger partial charge >= 0.3 is 0 Å². The summed E-state index contributed by atoms with van der Waals surface area (Å²) in [5, 5.41) is 0.577. The molecule has 94 valence electrons. The number of rotatable bonds is 6. The topological polar surface area (TPSA) is 56.8 Å². The molecular weight excluding hydrogens is 236 g/mol. The minimum absolute atomic E-state index is 0.577. The van der Waals surface area contributed by atoms with Gasteiger partial charge in [0.15, 0.2) is 5.17 Å². The Morgan fingerprint density at radius 3 is 2.82 bits per heavy atom. The van der Waals surface area contributed by atoms with Crippen molar-refractivity contribution in [1.29, 1.82) is 0 Å². The number of ether oxygens (including phenoxy) is 2. The zero-order valence-electron chi connectivity index (χ0n) is 10.2. The molecule has 0 unspecified atom stereocenters. The predicted molar refractivity (Wildman–Crippen MR) is 72.7 cm³/mol. The van der Waals surface area contributed by atoms with Gasteiger partial charge in [-0.3, -0.25) is 4.99 Å². The van der Waals surface area contributed by atoms with Crippen molar-refractivity contribution < 1.29 is 9.47 Å². The first kappa shape index (κ1) is 13.9. The van der Waals surface area contributed by atoms with Gasteiger partial charge in [0.1, 0.15) is 5.75 Å². The van der Waals surface area contributed by atoms with Crippen molar-refractivity contribution in [3.63, 3.8) is 0 Å². The van der Waals surface area contributed by atoms with Gasteiger partial charge in [0.2, 0.25) is 0 Å². The molecule has 17 heavy (non-hydrogen) atoms. The smallest absolute Gasteiger partial charge is 0.154 e. The van der Waals surface area contributed by atoms with E-state index in [4.69, 9.17) is 15.2 Å². The normalized spacial score (nSPS) is 11.5. The van der Waals surface area contributed by atoms with Gasteiger partial charge < -0.3 is 15.2 Å². The summed E-state index contributed by atoms with van der Waals surface area (Å²) < 4.78 is 10.2. The molecule has 1 aromatic carbocycles. The molecule has 4 nitrogen and oxygen atoms in total. The van der Waals surface area contributed by atoms with Crippen molar-refractivity contribution in [1.82, 2.24) is 0 Å². The number of methoxy groups -OCH3 is 2. The number of para-hydroxylation sites is 1. The van der Waals surface area contributed by atoms with Crippen LogP contribution in [0.3, 0.4) is 0 Å². The molecule has 0 saturated heterocycles. The standard InChI is InChI=1S/C12H18N2O2S/c1-15-8-7-14-12(13)17-9-10-5-3-4-6-11(10)16-2/h3-6H,7-9H2,1-2H3,(H2,13,14). The lowest BCUT2D eigenvalue weighted by molar-refractivity contribution is 0.208. The number of aliphatic imine (C=N–C) groups is 1. The van der Waals surface area contributed by atoms with E-state index in [1.807, 2.05) is 24.3 Å². The Kier molecular flexibility index (Phi) is 6.50. The Labute approximate surface area is 106 Å². The van der Waals surface area contributed by atoms with Crippen LogP contribution in [0.5, 0.6) is 5.75 Å². The Morgan fingerprint density at radius 2 is 2.12 bits per heavy atom. The molecule has 1 rings (SSSR count). The average Bonchev–Trinajstić information content (AvgIpc) is 2.37. The second-order valence-electron chi connectivity index (χ2n) is 3.31. The van der Waals surface area contributed by atoms with Gasteiger partial charge in [-0.15, -0.1) is 0 Å². The second-order valence-corrected chi connectivity index (χ2v) is 4.31. The molecule has 5 heteroatoms. The Morgan fingerprint density at radius 1 is 1.35 bits per heavy atom. The monoisotopic (exact) mass is 254 g/mol. The summed E-state index contributed by atoms with van der Waals surface area (Å²) in [7, 11) is 3.31. The zero-order chi connectivity index (χ0) is 12.5. The molecule has 0 heterocycles. The number of hydrogen-bond acceptors (Lipinski definition) is 4. The summed E-state index contributed by atoms with van der Waals surface area (Å²) in [4.78, 5) is 4.18. The SMILES string of the molecule is COCCN=C(N)SCc1ccccc1OC. The maximum atomic E-state index is 5.77. The van der Waals surface area contributed by atoms with Gasteiger partial charge in [-0.1, -0.05) is 30.0 Å². The van der Waals surface area contributed by atoms with E-state index in [0.717, 1.165) is 17.1 Å². The van der Waals surface area contributed by atoms with Crippen LogP contribution in [0, 0.1) is 0 Å². The molecule has 0 bridgehead atoms. The van der Waals surface area contributed by atoms with Gasteiger partial charge in [-0.2, -0.15) is 0 Å². The van der Waals surface area contributed by atoms with Crippen molar-refractivity contribution >= 4 is 16.9 Å². The molecule has 0 aliphatic carbocycles. The largest absolute Gasteiger partial charge is 0.496 e. The first-order chi connectivity index (χ1) is 8.27. The maximum absolute atomic E-state index is 5.77. The van der Waals surface area contributed by atoms with Crippen LogP contribution in [0.15, 0.2) is 29.3 Å². The molecular formula is C12H18N2O2S. The highest BCUT2D eigenvalue weighted by Gasteiger charge is 2.02. The molecule has 0 spiro atoms. The van der Waals surface area contributed by atoms with E-state index in [1.54, 1.807) is 14.2 Å². The highest BCUT2D eigenvalue weighted by Crippen LogP contribution is 2.22. The highest BCUT2D eigenvalue weighted by atomic mass is 32.2. The number of benzene rings is 1. The molecule has 1 aromatic rings. The van der Waals surface area contributed by atoms with Gasteiger partial charge in [-0.05, 0) is 6.07 Å². The predicted octanol–water partition coefficient (Wildman–Crippen LogP) is 1.89. The third kappa shape index (κ3) is 5.10. The van der Waals surface area contributed by atoms with Crippen LogP contribution >= 0.6 is 11.8 Å². The van der Waals surface area contributed by atoms with Crippen LogP contribution in [0.2, 0.25) is 0 Å². The highest BCUT2D eigenvalue weighted by molar-refractivity contribution is 8.13. The number of thioether (sulfide) groups is 1. The molecule has 0 amide bonds. The van der Waals surface area contributed by atoms with Crippen molar-refractivity contribution in [3.05, 3.63) is 29.8 Å². The van der Waals surface area contributed by atoms with E-state index in [1.165, 1.54) is 11.8 Å². The number of nitrogens with zero attached hydrogens (tertiary/aromatic N) is 1. The average molecular weight is 254 g/mol. The zero-order valence-corrected chi connectivity index (χ0v) is 11.0. The molecule has 0 saturated carbocycles. The van der Waals surface area contributed by atoms with E-state index in [9.17, 15) is 0 Å². The maximum Gasteiger partial charge on any atom is 0.154 e. The summed E-state index contributed by atoms with van der Waals surface area (Å²) in [6.45, 7) is 1.19.